The van der Waals surface area contributed by atoms with Crippen LogP contribution in [-0.4, -0.2) is 54.6 Å². The summed E-state index contributed by atoms with van der Waals surface area (Å²) in [5.41, 5.74) is 1.20. The second-order valence-electron chi connectivity index (χ2n) is 4.41. The zero-order chi connectivity index (χ0) is 13.4. The smallest absolute Gasteiger partial charge is 0.122 e. The number of benzene rings is 1. The summed E-state index contributed by atoms with van der Waals surface area (Å²) in [5.74, 6) is 0.927. The maximum absolute atomic E-state index is 9.29. The summed E-state index contributed by atoms with van der Waals surface area (Å²) >= 11 is 0. The van der Waals surface area contributed by atoms with E-state index in [0.717, 1.165) is 18.7 Å². The van der Waals surface area contributed by atoms with Crippen LogP contribution >= 0.6 is 0 Å². The van der Waals surface area contributed by atoms with E-state index in [1.165, 1.54) is 5.56 Å². The number of aryl methyl sites for hydroxylation is 1. The van der Waals surface area contributed by atoms with Crippen molar-refractivity contribution in [2.24, 2.45) is 0 Å². The fourth-order valence-corrected chi connectivity index (χ4v) is 1.76. The van der Waals surface area contributed by atoms with Crippen LogP contribution in [0.5, 0.6) is 5.75 Å². The molecule has 4 heteroatoms. The van der Waals surface area contributed by atoms with Crippen LogP contribution in [0.3, 0.4) is 0 Å². The van der Waals surface area contributed by atoms with Crippen molar-refractivity contribution in [3.05, 3.63) is 29.8 Å². The minimum atomic E-state index is -0.682. The van der Waals surface area contributed by atoms with E-state index in [9.17, 15) is 5.11 Å². The van der Waals surface area contributed by atoms with Gasteiger partial charge in [-0.1, -0.05) is 25.1 Å². The standard InChI is InChI=1S/C14H23NO3/c1-3-12-6-4-5-7-14(12)18-9-8-15(2)10-13(17)11-16/h4-7,13,16-17H,3,8-11H2,1-2H3. The third kappa shape index (κ3) is 5.04. The molecule has 0 spiro atoms. The number of aliphatic hydroxyl groups is 2. The van der Waals surface area contributed by atoms with Gasteiger partial charge < -0.3 is 19.8 Å². The molecule has 0 amide bonds. The van der Waals surface area contributed by atoms with Crippen molar-refractivity contribution in [1.29, 1.82) is 0 Å². The van der Waals surface area contributed by atoms with Gasteiger partial charge in [0.15, 0.2) is 0 Å². The lowest BCUT2D eigenvalue weighted by atomic mass is 10.1. The Morgan fingerprint density at radius 1 is 1.33 bits per heavy atom. The van der Waals surface area contributed by atoms with Crippen molar-refractivity contribution in [1.82, 2.24) is 4.90 Å². The monoisotopic (exact) mass is 253 g/mol. The van der Waals surface area contributed by atoms with Gasteiger partial charge in [-0.2, -0.15) is 0 Å². The van der Waals surface area contributed by atoms with Crippen molar-refractivity contribution in [3.63, 3.8) is 0 Å². The molecule has 4 nitrogen and oxygen atoms in total. The van der Waals surface area contributed by atoms with E-state index in [1.54, 1.807) is 0 Å². The van der Waals surface area contributed by atoms with Crippen molar-refractivity contribution < 1.29 is 14.9 Å². The highest BCUT2D eigenvalue weighted by atomic mass is 16.5. The molecular weight excluding hydrogens is 230 g/mol. The van der Waals surface area contributed by atoms with Crippen LogP contribution in [0.15, 0.2) is 24.3 Å². The molecule has 18 heavy (non-hydrogen) atoms. The summed E-state index contributed by atoms with van der Waals surface area (Å²) < 4.78 is 5.73. The van der Waals surface area contributed by atoms with E-state index >= 15 is 0 Å². The van der Waals surface area contributed by atoms with Crippen LogP contribution in [0.4, 0.5) is 0 Å². The van der Waals surface area contributed by atoms with Gasteiger partial charge in [-0.3, -0.25) is 0 Å². The lowest BCUT2D eigenvalue weighted by molar-refractivity contribution is 0.0630. The Morgan fingerprint density at radius 2 is 2.06 bits per heavy atom. The van der Waals surface area contributed by atoms with Crippen molar-refractivity contribution in [2.45, 2.75) is 19.4 Å². The van der Waals surface area contributed by atoms with Crippen LogP contribution in [0, 0.1) is 0 Å². The second-order valence-corrected chi connectivity index (χ2v) is 4.41. The highest BCUT2D eigenvalue weighted by Crippen LogP contribution is 2.17. The molecule has 1 unspecified atom stereocenters. The number of rotatable bonds is 8. The maximum Gasteiger partial charge on any atom is 0.122 e. The highest BCUT2D eigenvalue weighted by molar-refractivity contribution is 5.33. The minimum Gasteiger partial charge on any atom is -0.492 e. The van der Waals surface area contributed by atoms with Gasteiger partial charge in [-0.15, -0.1) is 0 Å². The Hall–Kier alpha value is -1.10. The lowest BCUT2D eigenvalue weighted by Crippen LogP contribution is -2.34. The van der Waals surface area contributed by atoms with Gasteiger partial charge in [-0.25, -0.2) is 0 Å². The molecule has 0 fully saturated rings. The molecule has 0 aromatic heterocycles. The number of para-hydroxylation sites is 1. The van der Waals surface area contributed by atoms with Crippen LogP contribution in [0.1, 0.15) is 12.5 Å². The SMILES string of the molecule is CCc1ccccc1OCCN(C)CC(O)CO. The van der Waals surface area contributed by atoms with Crippen molar-refractivity contribution >= 4 is 0 Å². The van der Waals surface area contributed by atoms with E-state index < -0.39 is 6.10 Å². The van der Waals surface area contributed by atoms with Gasteiger partial charge in [0.25, 0.3) is 0 Å². The molecule has 0 bridgehead atoms. The second kappa shape index (κ2) is 8.08. The highest BCUT2D eigenvalue weighted by Gasteiger charge is 2.07. The van der Waals surface area contributed by atoms with E-state index in [4.69, 9.17) is 9.84 Å². The lowest BCUT2D eigenvalue weighted by Gasteiger charge is -2.19. The number of ether oxygens (including phenoxy) is 1. The largest absolute Gasteiger partial charge is 0.492 e. The fraction of sp³-hybridized carbons (Fsp3) is 0.571. The molecule has 0 heterocycles. The van der Waals surface area contributed by atoms with Gasteiger partial charge in [0, 0.05) is 13.1 Å². The average molecular weight is 253 g/mol. The molecule has 0 aliphatic heterocycles. The first-order valence-corrected chi connectivity index (χ1v) is 6.35. The Balaban J connectivity index is 2.32. The summed E-state index contributed by atoms with van der Waals surface area (Å²) in [5, 5.41) is 18.0. The summed E-state index contributed by atoms with van der Waals surface area (Å²) in [4.78, 5) is 1.94. The van der Waals surface area contributed by atoms with Crippen molar-refractivity contribution in [2.75, 3.05) is 33.4 Å². The molecule has 102 valence electrons. The Bertz CT molecular complexity index is 344. The molecule has 1 aromatic carbocycles. The molecule has 0 aliphatic carbocycles. The summed E-state index contributed by atoms with van der Waals surface area (Å²) in [7, 11) is 1.90. The summed E-state index contributed by atoms with van der Waals surface area (Å²) in [6, 6.07) is 8.01. The Labute approximate surface area is 109 Å². The number of aliphatic hydroxyl groups excluding tert-OH is 2. The van der Waals surface area contributed by atoms with Gasteiger partial charge in [0.2, 0.25) is 0 Å². The quantitative estimate of drug-likeness (QED) is 0.723. The van der Waals surface area contributed by atoms with E-state index in [0.29, 0.717) is 13.2 Å². The predicted octanol–water partition coefficient (Wildman–Crippen LogP) is 0.913. The molecule has 0 radical (unpaired) electrons. The van der Waals surface area contributed by atoms with Crippen molar-refractivity contribution in [3.8, 4) is 5.75 Å². The molecule has 2 N–H and O–H groups in total. The average Bonchev–Trinajstić information content (AvgIpc) is 2.39. The van der Waals surface area contributed by atoms with E-state index in [1.807, 2.05) is 30.1 Å². The molecule has 1 atom stereocenters. The van der Waals surface area contributed by atoms with Gasteiger partial charge in [-0.05, 0) is 25.1 Å². The normalized spacial score (nSPS) is 12.7. The zero-order valence-corrected chi connectivity index (χ0v) is 11.2. The van der Waals surface area contributed by atoms with E-state index in [2.05, 4.69) is 13.0 Å². The van der Waals surface area contributed by atoms with Crippen LogP contribution in [0.2, 0.25) is 0 Å². The van der Waals surface area contributed by atoms with Crippen LogP contribution in [-0.2, 0) is 6.42 Å². The first-order chi connectivity index (χ1) is 8.67. The van der Waals surface area contributed by atoms with Gasteiger partial charge in [0.1, 0.15) is 12.4 Å². The minimum absolute atomic E-state index is 0.204. The predicted molar refractivity (Wildman–Crippen MR) is 71.9 cm³/mol. The first kappa shape index (κ1) is 15.0. The van der Waals surface area contributed by atoms with E-state index in [-0.39, 0.29) is 6.61 Å². The van der Waals surface area contributed by atoms with Crippen LogP contribution in [0.25, 0.3) is 0 Å². The molecule has 1 aromatic rings. The Kier molecular flexibility index (Phi) is 6.72. The molecule has 0 saturated carbocycles. The maximum atomic E-state index is 9.29. The third-order valence-corrected chi connectivity index (χ3v) is 2.82. The molecular formula is C14H23NO3. The first-order valence-electron chi connectivity index (χ1n) is 6.35. The number of nitrogens with zero attached hydrogens (tertiary/aromatic N) is 1. The van der Waals surface area contributed by atoms with Crippen LogP contribution < -0.4 is 4.74 Å². The van der Waals surface area contributed by atoms with Gasteiger partial charge in [0.05, 0.1) is 12.7 Å². The number of likely N-dealkylation sites (N-methyl/N-ethyl adjacent to an activating group) is 1. The number of hydrogen-bond acceptors (Lipinski definition) is 4. The fourth-order valence-electron chi connectivity index (χ4n) is 1.76. The molecule has 0 saturated heterocycles. The zero-order valence-electron chi connectivity index (χ0n) is 11.2. The number of hydrogen-bond donors (Lipinski definition) is 2. The topological polar surface area (TPSA) is 52.9 Å². The van der Waals surface area contributed by atoms with Gasteiger partial charge >= 0.3 is 0 Å². The molecule has 1 rings (SSSR count). The third-order valence-electron chi connectivity index (χ3n) is 2.82. The summed E-state index contributed by atoms with van der Waals surface area (Å²) in [6.07, 6.45) is 0.271. The summed E-state index contributed by atoms with van der Waals surface area (Å²) in [6.45, 7) is 3.64. The molecule has 0 aliphatic rings. The Morgan fingerprint density at radius 3 is 2.72 bits per heavy atom.